The Labute approximate surface area is 114 Å². The van der Waals surface area contributed by atoms with Crippen LogP contribution in [-0.4, -0.2) is 34.1 Å². The number of carbonyl (C=O) groups is 1. The van der Waals surface area contributed by atoms with Crippen LogP contribution in [0.15, 0.2) is 16.5 Å². The van der Waals surface area contributed by atoms with Crippen molar-refractivity contribution in [1.82, 2.24) is 4.90 Å². The Morgan fingerprint density at radius 3 is 2.79 bits per heavy atom. The lowest BCUT2D eigenvalue weighted by molar-refractivity contribution is -0.136. The number of rotatable bonds is 4. The lowest BCUT2D eigenvalue weighted by Gasteiger charge is -2.33. The molecule has 1 aliphatic rings. The van der Waals surface area contributed by atoms with Gasteiger partial charge in [0, 0.05) is 19.4 Å². The van der Waals surface area contributed by atoms with Gasteiger partial charge in [0.25, 0.3) is 0 Å². The van der Waals surface area contributed by atoms with E-state index in [4.69, 9.17) is 4.42 Å². The summed E-state index contributed by atoms with van der Waals surface area (Å²) >= 11 is 0. The molecule has 106 valence electrons. The molecule has 1 unspecified atom stereocenters. The predicted molar refractivity (Wildman–Crippen MR) is 72.8 cm³/mol. The molecule has 0 aromatic carbocycles. The van der Waals surface area contributed by atoms with Crippen molar-refractivity contribution in [3.8, 4) is 0 Å². The van der Waals surface area contributed by atoms with Gasteiger partial charge in [0.05, 0.1) is 11.6 Å². The van der Waals surface area contributed by atoms with Gasteiger partial charge in [-0.2, -0.15) is 0 Å². The lowest BCUT2D eigenvalue weighted by atomic mass is 9.98. The van der Waals surface area contributed by atoms with E-state index in [2.05, 4.69) is 0 Å². The molecule has 1 saturated heterocycles. The predicted octanol–water partition coefficient (Wildman–Crippen LogP) is 2.28. The first-order valence-corrected chi connectivity index (χ1v) is 6.95. The standard InChI is InChI=1S/C15H23NO3/c1-11-7-8-12(19-11)5-4-6-14(18)16-10-9-13(17)15(16,2)3/h7-8,13,17H,4-6,9-10H2,1-3H3. The second-order valence-electron chi connectivity index (χ2n) is 5.87. The van der Waals surface area contributed by atoms with Crippen molar-refractivity contribution in [2.24, 2.45) is 0 Å². The van der Waals surface area contributed by atoms with Crippen LogP contribution in [0.25, 0.3) is 0 Å². The number of aliphatic hydroxyl groups is 1. The maximum absolute atomic E-state index is 12.2. The average molecular weight is 265 g/mol. The van der Waals surface area contributed by atoms with E-state index < -0.39 is 11.6 Å². The largest absolute Gasteiger partial charge is 0.466 e. The zero-order valence-corrected chi connectivity index (χ0v) is 12.0. The molecule has 4 nitrogen and oxygen atoms in total. The van der Waals surface area contributed by atoms with Crippen LogP contribution in [0.1, 0.15) is 44.6 Å². The molecule has 1 aliphatic heterocycles. The minimum Gasteiger partial charge on any atom is -0.466 e. The topological polar surface area (TPSA) is 53.7 Å². The molecule has 1 aromatic heterocycles. The third kappa shape index (κ3) is 3.00. The minimum absolute atomic E-state index is 0.129. The number of aliphatic hydroxyl groups excluding tert-OH is 1. The number of furan rings is 1. The number of hydrogen-bond donors (Lipinski definition) is 1. The van der Waals surface area contributed by atoms with Crippen LogP contribution in [-0.2, 0) is 11.2 Å². The Balaban J connectivity index is 1.82. The zero-order valence-electron chi connectivity index (χ0n) is 12.0. The van der Waals surface area contributed by atoms with Crippen molar-refractivity contribution >= 4 is 5.91 Å². The van der Waals surface area contributed by atoms with Gasteiger partial charge in [-0.25, -0.2) is 0 Å². The molecular formula is C15H23NO3. The Bertz CT molecular complexity index is 450. The van der Waals surface area contributed by atoms with E-state index in [1.807, 2.05) is 37.8 Å². The van der Waals surface area contributed by atoms with Crippen molar-refractivity contribution in [3.63, 3.8) is 0 Å². The summed E-state index contributed by atoms with van der Waals surface area (Å²) in [6.45, 7) is 6.44. The summed E-state index contributed by atoms with van der Waals surface area (Å²) < 4.78 is 5.48. The number of nitrogens with zero attached hydrogens (tertiary/aromatic N) is 1. The van der Waals surface area contributed by atoms with Gasteiger partial charge < -0.3 is 14.4 Å². The average Bonchev–Trinajstić information content (AvgIpc) is 2.85. The number of carbonyl (C=O) groups excluding carboxylic acids is 1. The minimum atomic E-state index is -0.432. The molecule has 1 fully saturated rings. The van der Waals surface area contributed by atoms with Crippen molar-refractivity contribution in [2.75, 3.05) is 6.54 Å². The van der Waals surface area contributed by atoms with E-state index in [9.17, 15) is 9.90 Å². The molecule has 1 N–H and O–H groups in total. The number of likely N-dealkylation sites (tertiary alicyclic amines) is 1. The van der Waals surface area contributed by atoms with Crippen molar-refractivity contribution in [1.29, 1.82) is 0 Å². The van der Waals surface area contributed by atoms with Crippen LogP contribution >= 0.6 is 0 Å². The van der Waals surface area contributed by atoms with Gasteiger partial charge in [0.1, 0.15) is 11.5 Å². The van der Waals surface area contributed by atoms with Gasteiger partial charge in [-0.05, 0) is 45.7 Å². The van der Waals surface area contributed by atoms with Crippen LogP contribution in [0.4, 0.5) is 0 Å². The first kappa shape index (κ1) is 14.1. The molecule has 2 heterocycles. The molecular weight excluding hydrogens is 242 g/mol. The van der Waals surface area contributed by atoms with Gasteiger partial charge in [0.15, 0.2) is 0 Å². The normalized spacial score (nSPS) is 21.9. The molecule has 4 heteroatoms. The smallest absolute Gasteiger partial charge is 0.223 e. The zero-order chi connectivity index (χ0) is 14.0. The van der Waals surface area contributed by atoms with Gasteiger partial charge in [0.2, 0.25) is 5.91 Å². The van der Waals surface area contributed by atoms with Gasteiger partial charge in [-0.1, -0.05) is 0 Å². The summed E-state index contributed by atoms with van der Waals surface area (Å²) in [7, 11) is 0. The molecule has 0 bridgehead atoms. The van der Waals surface area contributed by atoms with E-state index >= 15 is 0 Å². The molecule has 0 aliphatic carbocycles. The highest BCUT2D eigenvalue weighted by Crippen LogP contribution is 2.29. The first-order valence-electron chi connectivity index (χ1n) is 6.95. The Morgan fingerprint density at radius 2 is 2.26 bits per heavy atom. The number of amides is 1. The molecule has 1 aromatic rings. The highest BCUT2D eigenvalue weighted by molar-refractivity contribution is 5.77. The van der Waals surface area contributed by atoms with Crippen LogP contribution in [0.3, 0.4) is 0 Å². The third-order valence-corrected chi connectivity index (χ3v) is 4.05. The molecule has 2 rings (SSSR count). The fourth-order valence-electron chi connectivity index (χ4n) is 2.69. The number of hydrogen-bond acceptors (Lipinski definition) is 3. The molecule has 0 saturated carbocycles. The van der Waals surface area contributed by atoms with Crippen LogP contribution < -0.4 is 0 Å². The maximum atomic E-state index is 12.2. The van der Waals surface area contributed by atoms with E-state index in [1.165, 1.54) is 0 Å². The highest BCUT2D eigenvalue weighted by Gasteiger charge is 2.42. The first-order chi connectivity index (χ1) is 8.91. The third-order valence-electron chi connectivity index (χ3n) is 4.05. The molecule has 1 amide bonds. The summed E-state index contributed by atoms with van der Waals surface area (Å²) in [6.07, 6.45) is 2.35. The van der Waals surface area contributed by atoms with Gasteiger partial charge >= 0.3 is 0 Å². The maximum Gasteiger partial charge on any atom is 0.223 e. The van der Waals surface area contributed by atoms with E-state index in [0.717, 1.165) is 24.4 Å². The second kappa shape index (κ2) is 5.37. The Morgan fingerprint density at radius 1 is 1.53 bits per heavy atom. The van der Waals surface area contributed by atoms with Gasteiger partial charge in [-0.15, -0.1) is 0 Å². The summed E-state index contributed by atoms with van der Waals surface area (Å²) in [6, 6.07) is 3.90. The lowest BCUT2D eigenvalue weighted by Crippen LogP contribution is -2.48. The molecule has 19 heavy (non-hydrogen) atoms. The van der Waals surface area contributed by atoms with Crippen molar-refractivity contribution in [3.05, 3.63) is 23.7 Å². The molecule has 0 radical (unpaired) electrons. The molecule has 1 atom stereocenters. The van der Waals surface area contributed by atoms with E-state index in [1.54, 1.807) is 0 Å². The quantitative estimate of drug-likeness (QED) is 0.908. The van der Waals surface area contributed by atoms with Crippen LogP contribution in [0, 0.1) is 6.92 Å². The second-order valence-corrected chi connectivity index (χ2v) is 5.87. The molecule has 0 spiro atoms. The summed E-state index contributed by atoms with van der Waals surface area (Å²) in [5.41, 5.74) is -0.432. The van der Waals surface area contributed by atoms with Gasteiger partial charge in [-0.3, -0.25) is 4.79 Å². The van der Waals surface area contributed by atoms with Crippen LogP contribution in [0.2, 0.25) is 0 Å². The van der Waals surface area contributed by atoms with Crippen molar-refractivity contribution in [2.45, 2.75) is 58.1 Å². The highest BCUT2D eigenvalue weighted by atomic mass is 16.3. The Kier molecular flexibility index (Phi) is 3.99. The fraction of sp³-hybridized carbons (Fsp3) is 0.667. The fourth-order valence-corrected chi connectivity index (χ4v) is 2.69. The van der Waals surface area contributed by atoms with E-state index in [-0.39, 0.29) is 5.91 Å². The summed E-state index contributed by atoms with van der Waals surface area (Å²) in [4.78, 5) is 14.0. The Hall–Kier alpha value is -1.29. The van der Waals surface area contributed by atoms with Crippen molar-refractivity contribution < 1.29 is 14.3 Å². The summed E-state index contributed by atoms with van der Waals surface area (Å²) in [5.74, 6) is 1.97. The van der Waals surface area contributed by atoms with Crippen LogP contribution in [0.5, 0.6) is 0 Å². The number of aryl methyl sites for hydroxylation is 2. The SMILES string of the molecule is Cc1ccc(CCCC(=O)N2CCC(O)C2(C)C)o1. The monoisotopic (exact) mass is 265 g/mol. The van der Waals surface area contributed by atoms with E-state index in [0.29, 0.717) is 19.4 Å². The summed E-state index contributed by atoms with van der Waals surface area (Å²) in [5, 5.41) is 9.87.